The molecule has 0 atom stereocenters. The average molecular weight is 276 g/mol. The van der Waals surface area contributed by atoms with E-state index < -0.39 is 5.69 Å². The Morgan fingerprint density at radius 3 is 2.62 bits per heavy atom. The second-order valence-corrected chi connectivity index (χ2v) is 4.90. The van der Waals surface area contributed by atoms with Crippen LogP contribution >= 0.6 is 0 Å². The second kappa shape index (κ2) is 4.56. The number of hydrogen-bond acceptors (Lipinski definition) is 3. The van der Waals surface area contributed by atoms with Gasteiger partial charge in [0.1, 0.15) is 5.52 Å². The topological polar surface area (TPSA) is 63.6 Å². The molecule has 0 aliphatic rings. The van der Waals surface area contributed by atoms with E-state index in [0.29, 0.717) is 12.2 Å². The number of aromatic nitrogens is 4. The molecular weight excluding hydrogens is 264 g/mol. The van der Waals surface area contributed by atoms with Gasteiger partial charge in [0.2, 0.25) is 0 Å². The van der Waals surface area contributed by atoms with Gasteiger partial charge in [0.15, 0.2) is 5.65 Å². The molecule has 0 aliphatic carbocycles. The Hall–Kier alpha value is -2.95. The molecule has 21 heavy (non-hydrogen) atoms. The number of nitrogens with one attached hydrogen (secondary N) is 1. The molecule has 0 bridgehead atoms. The summed E-state index contributed by atoms with van der Waals surface area (Å²) in [7, 11) is 0. The number of fused-ring (bicyclic) bond motifs is 3. The highest BCUT2D eigenvalue weighted by Gasteiger charge is 2.13. The molecule has 0 amide bonds. The van der Waals surface area contributed by atoms with Crippen molar-refractivity contribution >= 4 is 22.1 Å². The number of aromatic amines is 1. The highest BCUT2D eigenvalue weighted by atomic mass is 16.1. The Balaban J connectivity index is 2.04. The van der Waals surface area contributed by atoms with Crippen molar-refractivity contribution in [2.45, 2.75) is 6.54 Å². The Kier molecular flexibility index (Phi) is 2.57. The van der Waals surface area contributed by atoms with Crippen molar-refractivity contribution < 1.29 is 0 Å². The highest BCUT2D eigenvalue weighted by Crippen LogP contribution is 2.25. The average Bonchev–Trinajstić information content (AvgIpc) is 2.82. The minimum absolute atomic E-state index is 0.431. The van der Waals surface area contributed by atoms with Crippen LogP contribution in [0.1, 0.15) is 5.56 Å². The molecule has 2 heterocycles. The molecule has 4 rings (SSSR count). The van der Waals surface area contributed by atoms with E-state index >= 15 is 0 Å². The van der Waals surface area contributed by atoms with Crippen LogP contribution < -0.4 is 5.69 Å². The normalized spacial score (nSPS) is 11.2. The van der Waals surface area contributed by atoms with Gasteiger partial charge in [-0.15, -0.1) is 0 Å². The van der Waals surface area contributed by atoms with Gasteiger partial charge in [-0.25, -0.2) is 9.89 Å². The van der Waals surface area contributed by atoms with Crippen molar-refractivity contribution in [3.63, 3.8) is 0 Å². The molecule has 4 aromatic rings. The number of nitrogens with zero attached hydrogens (tertiary/aromatic N) is 3. The molecule has 5 nitrogen and oxygen atoms in total. The molecule has 0 saturated heterocycles. The van der Waals surface area contributed by atoms with Gasteiger partial charge >= 0.3 is 5.69 Å². The third-order valence-corrected chi connectivity index (χ3v) is 3.57. The summed E-state index contributed by atoms with van der Waals surface area (Å²) in [4.78, 5) is 15.6. The lowest BCUT2D eigenvalue weighted by Gasteiger charge is -2.06. The molecule has 102 valence electrons. The lowest BCUT2D eigenvalue weighted by molar-refractivity contribution is 0.839. The predicted molar refractivity (Wildman–Crippen MR) is 81.2 cm³/mol. The van der Waals surface area contributed by atoms with Crippen LogP contribution in [0.5, 0.6) is 0 Å². The fourth-order valence-electron chi connectivity index (χ4n) is 2.65. The van der Waals surface area contributed by atoms with Crippen LogP contribution in [0.25, 0.3) is 22.1 Å². The van der Waals surface area contributed by atoms with E-state index in [1.807, 2.05) is 47.0 Å². The zero-order valence-corrected chi connectivity index (χ0v) is 11.2. The Morgan fingerprint density at radius 2 is 1.76 bits per heavy atom. The van der Waals surface area contributed by atoms with Crippen LogP contribution in [0.4, 0.5) is 0 Å². The Morgan fingerprint density at radius 1 is 1.00 bits per heavy atom. The van der Waals surface area contributed by atoms with Crippen LogP contribution in [0.3, 0.4) is 0 Å². The highest BCUT2D eigenvalue weighted by molar-refractivity contribution is 6.03. The molecule has 2 aromatic carbocycles. The summed E-state index contributed by atoms with van der Waals surface area (Å²) in [6.45, 7) is 0.656. The number of para-hydroxylation sites is 1. The minimum Gasteiger partial charge on any atom is -0.319 e. The summed E-state index contributed by atoms with van der Waals surface area (Å²) in [5.74, 6) is 0. The summed E-state index contributed by atoms with van der Waals surface area (Å²) in [5, 5.41) is 7.56. The summed E-state index contributed by atoms with van der Waals surface area (Å²) in [6.07, 6.45) is 0. The minimum atomic E-state index is -0.431. The van der Waals surface area contributed by atoms with E-state index in [0.717, 1.165) is 22.0 Å². The molecule has 0 unspecified atom stereocenters. The molecule has 1 N–H and O–H groups in total. The Labute approximate surface area is 119 Å². The summed E-state index contributed by atoms with van der Waals surface area (Å²) < 4.78 is 2.03. The van der Waals surface area contributed by atoms with Gasteiger partial charge in [0, 0.05) is 11.9 Å². The molecule has 0 fully saturated rings. The summed E-state index contributed by atoms with van der Waals surface area (Å²) in [5.41, 5.74) is 3.09. The molecule has 0 spiro atoms. The smallest absolute Gasteiger partial charge is 0.319 e. The lowest BCUT2D eigenvalue weighted by atomic mass is 10.2. The van der Waals surface area contributed by atoms with E-state index in [4.69, 9.17) is 0 Å². The first-order chi connectivity index (χ1) is 10.3. The van der Waals surface area contributed by atoms with Crippen LogP contribution in [-0.4, -0.2) is 19.7 Å². The maximum Gasteiger partial charge on any atom is 0.363 e. The van der Waals surface area contributed by atoms with E-state index in [1.165, 1.54) is 0 Å². The Bertz CT molecular complexity index is 985. The fourth-order valence-corrected chi connectivity index (χ4v) is 2.65. The van der Waals surface area contributed by atoms with E-state index in [9.17, 15) is 4.79 Å². The van der Waals surface area contributed by atoms with E-state index in [-0.39, 0.29) is 0 Å². The van der Waals surface area contributed by atoms with Crippen molar-refractivity contribution in [3.8, 4) is 0 Å². The first-order valence-corrected chi connectivity index (χ1v) is 6.70. The molecular formula is C16H12N4O. The first-order valence-electron chi connectivity index (χ1n) is 6.70. The zero-order chi connectivity index (χ0) is 14.2. The fraction of sp³-hybridized carbons (Fsp3) is 0.0625. The van der Waals surface area contributed by atoms with Gasteiger partial charge in [0.05, 0.1) is 5.52 Å². The van der Waals surface area contributed by atoms with Crippen LogP contribution in [0.2, 0.25) is 0 Å². The van der Waals surface area contributed by atoms with E-state index in [2.05, 4.69) is 27.3 Å². The molecule has 5 heteroatoms. The second-order valence-electron chi connectivity index (χ2n) is 4.90. The van der Waals surface area contributed by atoms with E-state index in [1.54, 1.807) is 0 Å². The maximum atomic E-state index is 11.5. The van der Waals surface area contributed by atoms with Gasteiger partial charge in [0.25, 0.3) is 0 Å². The number of benzene rings is 2. The summed E-state index contributed by atoms with van der Waals surface area (Å²) in [6, 6.07) is 18.1. The number of rotatable bonds is 2. The number of hydrogen-bond donors (Lipinski definition) is 1. The largest absolute Gasteiger partial charge is 0.363 e. The summed E-state index contributed by atoms with van der Waals surface area (Å²) >= 11 is 0. The van der Waals surface area contributed by atoms with Crippen molar-refractivity contribution in [2.24, 2.45) is 0 Å². The third kappa shape index (κ3) is 1.90. The number of H-pyrrole nitrogens is 1. The van der Waals surface area contributed by atoms with Crippen molar-refractivity contribution in [2.75, 3.05) is 0 Å². The van der Waals surface area contributed by atoms with Gasteiger partial charge in [-0.1, -0.05) is 48.5 Å². The molecule has 0 saturated carbocycles. The standard InChI is InChI=1S/C16H12N4O/c21-16-17-15-14(18-19-16)12-8-4-5-9-13(12)20(15)10-11-6-2-1-3-7-11/h1-9H,10H2,(H,17,19,21). The maximum absolute atomic E-state index is 11.5. The zero-order valence-electron chi connectivity index (χ0n) is 11.2. The monoisotopic (exact) mass is 276 g/mol. The predicted octanol–water partition coefficient (Wildman–Crippen LogP) is 2.32. The van der Waals surface area contributed by atoms with Gasteiger partial charge in [-0.05, 0) is 11.6 Å². The van der Waals surface area contributed by atoms with Crippen LogP contribution in [-0.2, 0) is 6.54 Å². The quantitative estimate of drug-likeness (QED) is 0.611. The third-order valence-electron chi connectivity index (χ3n) is 3.57. The lowest BCUT2D eigenvalue weighted by Crippen LogP contribution is -2.13. The molecule has 0 aliphatic heterocycles. The van der Waals surface area contributed by atoms with Crippen molar-refractivity contribution in [3.05, 3.63) is 70.6 Å². The van der Waals surface area contributed by atoms with Crippen molar-refractivity contribution in [1.82, 2.24) is 19.7 Å². The molecule has 2 aromatic heterocycles. The van der Waals surface area contributed by atoms with Crippen molar-refractivity contribution in [1.29, 1.82) is 0 Å². The SMILES string of the molecule is O=c1nc2c(n[nH]1)c1ccccc1n2Cc1ccccc1. The van der Waals surface area contributed by atoms with Gasteiger partial charge < -0.3 is 4.57 Å². The first kappa shape index (κ1) is 11.8. The van der Waals surface area contributed by atoms with Gasteiger partial charge in [-0.3, -0.25) is 0 Å². The van der Waals surface area contributed by atoms with Crippen LogP contribution in [0.15, 0.2) is 59.4 Å². The van der Waals surface area contributed by atoms with Crippen LogP contribution in [0, 0.1) is 0 Å². The van der Waals surface area contributed by atoms with Gasteiger partial charge in [-0.2, -0.15) is 10.1 Å². The molecule has 0 radical (unpaired) electrons.